The molecule has 27 heavy (non-hydrogen) atoms. The zero-order valence-electron chi connectivity index (χ0n) is 14.3. The fourth-order valence-corrected chi connectivity index (χ4v) is 2.82. The zero-order valence-corrected chi connectivity index (χ0v) is 14.3. The average Bonchev–Trinajstić information content (AvgIpc) is 3.12. The molecule has 0 spiro atoms. The number of halogens is 3. The molecule has 1 amide bonds. The molecule has 1 aliphatic carbocycles. The van der Waals surface area contributed by atoms with E-state index in [1.807, 2.05) is 0 Å². The van der Waals surface area contributed by atoms with Crippen LogP contribution in [0.4, 0.5) is 13.2 Å². The number of benzene rings is 1. The van der Waals surface area contributed by atoms with Crippen LogP contribution in [0.3, 0.4) is 0 Å². The van der Waals surface area contributed by atoms with Crippen LogP contribution in [0.15, 0.2) is 42.1 Å². The molecule has 5 nitrogen and oxygen atoms in total. The summed E-state index contributed by atoms with van der Waals surface area (Å²) >= 11 is 0. The Balaban J connectivity index is 1.82. The van der Waals surface area contributed by atoms with Gasteiger partial charge in [-0.2, -0.15) is 13.2 Å². The van der Waals surface area contributed by atoms with Crippen LogP contribution in [0.5, 0.6) is 5.75 Å². The number of hydrogen-bond donors (Lipinski definition) is 1. The predicted molar refractivity (Wildman–Crippen MR) is 90.2 cm³/mol. The quantitative estimate of drug-likeness (QED) is 0.849. The summed E-state index contributed by atoms with van der Waals surface area (Å²) in [5.41, 5.74) is -0.678. The maximum Gasteiger partial charge on any atom is 0.416 e. The van der Waals surface area contributed by atoms with Crippen molar-refractivity contribution in [3.8, 4) is 5.75 Å². The number of rotatable bonds is 5. The van der Waals surface area contributed by atoms with Gasteiger partial charge in [-0.15, -0.1) is 0 Å². The number of hydrogen-bond acceptors (Lipinski definition) is 4. The second-order valence-electron chi connectivity index (χ2n) is 6.28. The molecular formula is C19H18F3NO4. The van der Waals surface area contributed by atoms with E-state index < -0.39 is 17.6 Å². The Morgan fingerprint density at radius 3 is 2.81 bits per heavy atom. The van der Waals surface area contributed by atoms with Gasteiger partial charge in [-0.05, 0) is 37.1 Å². The highest BCUT2D eigenvalue weighted by molar-refractivity contribution is 6.00. The monoisotopic (exact) mass is 381 g/mol. The fourth-order valence-electron chi connectivity index (χ4n) is 2.82. The van der Waals surface area contributed by atoms with Crippen molar-refractivity contribution < 1.29 is 32.2 Å². The zero-order chi connectivity index (χ0) is 19.4. The topological polar surface area (TPSA) is 64.6 Å². The highest BCUT2D eigenvalue weighted by Crippen LogP contribution is 2.33. The van der Waals surface area contributed by atoms with Gasteiger partial charge in [0.1, 0.15) is 12.4 Å². The second kappa shape index (κ2) is 7.96. The molecule has 1 aliphatic heterocycles. The van der Waals surface area contributed by atoms with Gasteiger partial charge in [0.25, 0.3) is 5.91 Å². The van der Waals surface area contributed by atoms with E-state index in [1.165, 1.54) is 6.08 Å². The van der Waals surface area contributed by atoms with E-state index in [0.717, 1.165) is 31.0 Å². The smallest absolute Gasteiger partial charge is 0.416 e. The summed E-state index contributed by atoms with van der Waals surface area (Å²) in [5.74, 6) is -1.00. The van der Waals surface area contributed by atoms with Crippen LogP contribution in [0, 0.1) is 0 Å². The molecule has 1 fully saturated rings. The first-order valence-corrected chi connectivity index (χ1v) is 8.51. The van der Waals surface area contributed by atoms with Crippen molar-refractivity contribution in [2.45, 2.75) is 31.5 Å². The molecule has 0 bridgehead atoms. The van der Waals surface area contributed by atoms with Gasteiger partial charge in [-0.25, -0.2) is 0 Å². The van der Waals surface area contributed by atoms with Crippen molar-refractivity contribution in [3.05, 3.63) is 53.3 Å². The van der Waals surface area contributed by atoms with Gasteiger partial charge < -0.3 is 14.8 Å². The van der Waals surface area contributed by atoms with Crippen LogP contribution in [0.2, 0.25) is 0 Å². The SMILES string of the molecule is O=C1C=C(NC(=O)c2ccc(C(F)(F)F)cc2OCC2CCCO2)C=CC1. The highest BCUT2D eigenvalue weighted by atomic mass is 19.4. The van der Waals surface area contributed by atoms with Gasteiger partial charge in [0.15, 0.2) is 5.78 Å². The molecule has 1 heterocycles. The van der Waals surface area contributed by atoms with E-state index in [1.54, 1.807) is 12.2 Å². The third-order valence-electron chi connectivity index (χ3n) is 4.19. The summed E-state index contributed by atoms with van der Waals surface area (Å²) in [5, 5.41) is 2.51. The number of carbonyl (C=O) groups is 2. The number of nitrogens with one attached hydrogen (secondary N) is 1. The fraction of sp³-hybridized carbons (Fsp3) is 0.368. The van der Waals surface area contributed by atoms with Crippen molar-refractivity contribution in [2.75, 3.05) is 13.2 Å². The summed E-state index contributed by atoms with van der Waals surface area (Å²) < 4.78 is 50.0. The molecule has 1 N–H and O–H groups in total. The molecule has 0 aromatic heterocycles. The standard InChI is InChI=1S/C19H18F3NO4/c20-19(21,22)12-6-7-16(17(9-12)27-11-15-5-2-8-26-15)18(25)23-13-3-1-4-14(24)10-13/h1,3,6-7,9-10,15H,2,4-5,8,11H2,(H,23,25). The maximum absolute atomic E-state index is 13.0. The molecule has 8 heteroatoms. The molecule has 1 aromatic rings. The van der Waals surface area contributed by atoms with Crippen LogP contribution in [-0.4, -0.2) is 31.0 Å². The van der Waals surface area contributed by atoms with Crippen LogP contribution in [-0.2, 0) is 15.7 Å². The lowest BCUT2D eigenvalue weighted by atomic mass is 10.1. The number of alkyl halides is 3. The third-order valence-corrected chi connectivity index (χ3v) is 4.19. The van der Waals surface area contributed by atoms with E-state index in [2.05, 4.69) is 5.32 Å². The van der Waals surface area contributed by atoms with E-state index >= 15 is 0 Å². The number of amides is 1. The van der Waals surface area contributed by atoms with Crippen LogP contribution >= 0.6 is 0 Å². The maximum atomic E-state index is 13.0. The van der Waals surface area contributed by atoms with Crippen molar-refractivity contribution >= 4 is 11.7 Å². The molecule has 1 unspecified atom stereocenters. The minimum Gasteiger partial charge on any atom is -0.490 e. The van der Waals surface area contributed by atoms with Gasteiger partial charge in [-0.1, -0.05) is 6.08 Å². The summed E-state index contributed by atoms with van der Waals surface area (Å²) in [6, 6.07) is 2.70. The summed E-state index contributed by atoms with van der Waals surface area (Å²) in [4.78, 5) is 23.9. The largest absolute Gasteiger partial charge is 0.490 e. The number of ether oxygens (including phenoxy) is 2. The van der Waals surface area contributed by atoms with E-state index in [4.69, 9.17) is 9.47 Å². The minimum atomic E-state index is -4.56. The van der Waals surface area contributed by atoms with Gasteiger partial charge in [0.2, 0.25) is 0 Å². The van der Waals surface area contributed by atoms with Crippen LogP contribution in [0.25, 0.3) is 0 Å². The Morgan fingerprint density at radius 2 is 2.15 bits per heavy atom. The first-order valence-electron chi connectivity index (χ1n) is 8.51. The highest BCUT2D eigenvalue weighted by Gasteiger charge is 2.32. The lowest BCUT2D eigenvalue weighted by molar-refractivity contribution is -0.137. The minimum absolute atomic E-state index is 0.0479. The molecular weight excluding hydrogens is 363 g/mol. The van der Waals surface area contributed by atoms with Gasteiger partial charge in [0.05, 0.1) is 17.2 Å². The number of ketones is 1. The van der Waals surface area contributed by atoms with Crippen molar-refractivity contribution in [1.29, 1.82) is 0 Å². The molecule has 1 atom stereocenters. The first kappa shape index (κ1) is 19.2. The van der Waals surface area contributed by atoms with Gasteiger partial charge in [0, 0.05) is 24.8 Å². The van der Waals surface area contributed by atoms with Gasteiger partial charge in [-0.3, -0.25) is 9.59 Å². The third kappa shape index (κ3) is 4.97. The van der Waals surface area contributed by atoms with Crippen molar-refractivity contribution in [1.82, 2.24) is 5.32 Å². The van der Waals surface area contributed by atoms with E-state index in [9.17, 15) is 22.8 Å². The molecule has 1 aromatic carbocycles. The lowest BCUT2D eigenvalue weighted by Crippen LogP contribution is -2.25. The number of allylic oxidation sites excluding steroid dienone is 3. The first-order chi connectivity index (χ1) is 12.8. The Kier molecular flexibility index (Phi) is 5.65. The second-order valence-corrected chi connectivity index (χ2v) is 6.28. The molecule has 0 saturated carbocycles. The van der Waals surface area contributed by atoms with Gasteiger partial charge >= 0.3 is 6.18 Å². The Bertz CT molecular complexity index is 793. The average molecular weight is 381 g/mol. The Hall–Kier alpha value is -2.61. The molecule has 1 saturated heterocycles. The predicted octanol–water partition coefficient (Wildman–Crippen LogP) is 3.41. The van der Waals surface area contributed by atoms with Crippen LogP contribution < -0.4 is 10.1 Å². The molecule has 144 valence electrons. The molecule has 2 aliphatic rings. The Morgan fingerprint density at radius 1 is 1.33 bits per heavy atom. The summed E-state index contributed by atoms with van der Waals surface area (Å²) in [7, 11) is 0. The lowest BCUT2D eigenvalue weighted by Gasteiger charge is -2.17. The summed E-state index contributed by atoms with van der Waals surface area (Å²) in [6.45, 7) is 0.640. The number of carbonyl (C=O) groups excluding carboxylic acids is 2. The normalized spacial score (nSPS) is 19.7. The van der Waals surface area contributed by atoms with E-state index in [0.29, 0.717) is 6.61 Å². The van der Waals surface area contributed by atoms with Crippen LogP contribution in [0.1, 0.15) is 35.2 Å². The van der Waals surface area contributed by atoms with Crippen molar-refractivity contribution in [3.63, 3.8) is 0 Å². The summed E-state index contributed by atoms with van der Waals surface area (Å²) in [6.07, 6.45) is 1.52. The van der Waals surface area contributed by atoms with E-state index in [-0.39, 0.29) is 41.9 Å². The Labute approximate surface area is 153 Å². The molecule has 0 radical (unpaired) electrons. The van der Waals surface area contributed by atoms with Crippen molar-refractivity contribution in [2.24, 2.45) is 0 Å². The molecule has 3 rings (SSSR count).